The standard InChI is InChI=1S/C15H11F4NO/c16-13-6-2-4-11(8-13)14(21)20-9-10-3-1-5-12(7-10)15(17,18)19/h1-8H,9H2,(H,20,21). The third-order valence-corrected chi connectivity index (χ3v) is 2.79. The van der Waals surface area contributed by atoms with Gasteiger partial charge < -0.3 is 5.32 Å². The average molecular weight is 297 g/mol. The van der Waals surface area contributed by atoms with Gasteiger partial charge in [0.2, 0.25) is 0 Å². The summed E-state index contributed by atoms with van der Waals surface area (Å²) in [7, 11) is 0. The van der Waals surface area contributed by atoms with Gasteiger partial charge in [-0.3, -0.25) is 4.79 Å². The van der Waals surface area contributed by atoms with Gasteiger partial charge in [-0.15, -0.1) is 0 Å². The molecule has 110 valence electrons. The van der Waals surface area contributed by atoms with E-state index in [1.807, 2.05) is 0 Å². The first kappa shape index (κ1) is 15.0. The molecule has 2 aromatic carbocycles. The lowest BCUT2D eigenvalue weighted by Crippen LogP contribution is -2.23. The van der Waals surface area contributed by atoms with E-state index in [0.717, 1.165) is 18.2 Å². The fourth-order valence-electron chi connectivity index (χ4n) is 1.77. The Morgan fingerprint density at radius 3 is 2.43 bits per heavy atom. The first-order chi connectivity index (χ1) is 9.86. The van der Waals surface area contributed by atoms with Gasteiger partial charge in [-0.25, -0.2) is 4.39 Å². The highest BCUT2D eigenvalue weighted by Crippen LogP contribution is 2.29. The highest BCUT2D eigenvalue weighted by Gasteiger charge is 2.30. The van der Waals surface area contributed by atoms with Crippen LogP contribution in [0, 0.1) is 5.82 Å². The van der Waals surface area contributed by atoms with Crippen LogP contribution >= 0.6 is 0 Å². The van der Waals surface area contributed by atoms with Crippen LogP contribution in [0.25, 0.3) is 0 Å². The molecule has 2 aromatic rings. The zero-order valence-electron chi connectivity index (χ0n) is 10.7. The number of halogens is 4. The van der Waals surface area contributed by atoms with E-state index in [-0.39, 0.29) is 12.1 Å². The van der Waals surface area contributed by atoms with Crippen molar-refractivity contribution in [1.29, 1.82) is 0 Å². The van der Waals surface area contributed by atoms with Crippen molar-refractivity contribution >= 4 is 5.91 Å². The molecule has 2 nitrogen and oxygen atoms in total. The van der Waals surface area contributed by atoms with Crippen molar-refractivity contribution in [3.63, 3.8) is 0 Å². The number of benzene rings is 2. The van der Waals surface area contributed by atoms with E-state index in [1.165, 1.54) is 30.3 Å². The minimum absolute atomic E-state index is 0.0702. The molecular weight excluding hydrogens is 286 g/mol. The number of carbonyl (C=O) groups excluding carboxylic acids is 1. The van der Waals surface area contributed by atoms with Crippen LogP contribution in [0.15, 0.2) is 48.5 Å². The predicted octanol–water partition coefficient (Wildman–Crippen LogP) is 3.77. The number of amides is 1. The first-order valence-electron chi connectivity index (χ1n) is 6.06. The molecule has 0 radical (unpaired) electrons. The molecule has 0 aliphatic rings. The van der Waals surface area contributed by atoms with E-state index in [9.17, 15) is 22.4 Å². The summed E-state index contributed by atoms with van der Waals surface area (Å²) in [4.78, 5) is 11.8. The third kappa shape index (κ3) is 4.05. The van der Waals surface area contributed by atoms with E-state index in [0.29, 0.717) is 5.56 Å². The second-order valence-corrected chi connectivity index (χ2v) is 4.39. The van der Waals surface area contributed by atoms with Crippen molar-refractivity contribution in [2.24, 2.45) is 0 Å². The van der Waals surface area contributed by atoms with Crippen LogP contribution in [-0.4, -0.2) is 5.91 Å². The van der Waals surface area contributed by atoms with Crippen molar-refractivity contribution in [1.82, 2.24) is 5.32 Å². The molecule has 0 spiro atoms. The van der Waals surface area contributed by atoms with E-state index in [2.05, 4.69) is 5.32 Å². The monoisotopic (exact) mass is 297 g/mol. The van der Waals surface area contributed by atoms with Gasteiger partial charge >= 0.3 is 6.18 Å². The normalized spacial score (nSPS) is 11.2. The van der Waals surface area contributed by atoms with Gasteiger partial charge in [0.25, 0.3) is 5.91 Å². The molecule has 6 heteroatoms. The number of rotatable bonds is 3. The van der Waals surface area contributed by atoms with Gasteiger partial charge in [0.15, 0.2) is 0 Å². The van der Waals surface area contributed by atoms with Crippen molar-refractivity contribution in [2.45, 2.75) is 12.7 Å². The molecule has 0 atom stereocenters. The fourth-order valence-corrected chi connectivity index (χ4v) is 1.77. The number of hydrogen-bond acceptors (Lipinski definition) is 1. The van der Waals surface area contributed by atoms with Crippen LogP contribution in [0.5, 0.6) is 0 Å². The first-order valence-corrected chi connectivity index (χ1v) is 6.06. The summed E-state index contributed by atoms with van der Waals surface area (Å²) in [6.45, 7) is -0.0702. The highest BCUT2D eigenvalue weighted by atomic mass is 19.4. The SMILES string of the molecule is O=C(NCc1cccc(C(F)(F)F)c1)c1cccc(F)c1. The molecule has 0 aromatic heterocycles. The molecule has 0 unspecified atom stereocenters. The Balaban J connectivity index is 2.05. The summed E-state index contributed by atoms with van der Waals surface area (Å²) in [6.07, 6.45) is -4.43. The topological polar surface area (TPSA) is 29.1 Å². The van der Waals surface area contributed by atoms with Gasteiger partial charge in [-0.2, -0.15) is 13.2 Å². The number of carbonyl (C=O) groups is 1. The summed E-state index contributed by atoms with van der Waals surface area (Å²) >= 11 is 0. The van der Waals surface area contributed by atoms with Crippen molar-refractivity contribution in [2.75, 3.05) is 0 Å². The second kappa shape index (κ2) is 5.95. The van der Waals surface area contributed by atoms with E-state index in [4.69, 9.17) is 0 Å². The Kier molecular flexibility index (Phi) is 4.26. The summed E-state index contributed by atoms with van der Waals surface area (Å²) in [5.74, 6) is -1.10. The Morgan fingerprint density at radius 1 is 1.05 bits per heavy atom. The number of hydrogen-bond donors (Lipinski definition) is 1. The van der Waals surface area contributed by atoms with Crippen LogP contribution in [0.3, 0.4) is 0 Å². The van der Waals surface area contributed by atoms with Crippen molar-refractivity contribution < 1.29 is 22.4 Å². The molecule has 0 saturated carbocycles. The Bertz CT molecular complexity index is 652. The van der Waals surface area contributed by atoms with Crippen LogP contribution in [0.2, 0.25) is 0 Å². The van der Waals surface area contributed by atoms with Gasteiger partial charge in [0.05, 0.1) is 5.56 Å². The van der Waals surface area contributed by atoms with Gasteiger partial charge in [-0.05, 0) is 35.9 Å². The summed E-state index contributed by atoms with van der Waals surface area (Å²) in [5.41, 5.74) is -0.350. The maximum Gasteiger partial charge on any atom is 0.416 e. The molecular formula is C15H11F4NO. The molecule has 2 rings (SSSR count). The predicted molar refractivity (Wildman–Crippen MR) is 69.0 cm³/mol. The number of nitrogens with one attached hydrogen (secondary N) is 1. The maximum atomic E-state index is 13.0. The van der Waals surface area contributed by atoms with Crippen LogP contribution in [0.4, 0.5) is 17.6 Å². The van der Waals surface area contributed by atoms with E-state index in [1.54, 1.807) is 0 Å². The third-order valence-electron chi connectivity index (χ3n) is 2.79. The molecule has 1 N–H and O–H groups in total. The minimum Gasteiger partial charge on any atom is -0.348 e. The largest absolute Gasteiger partial charge is 0.416 e. The molecule has 0 heterocycles. The molecule has 0 bridgehead atoms. The van der Waals surface area contributed by atoms with Gasteiger partial charge in [0, 0.05) is 12.1 Å². The summed E-state index contributed by atoms with van der Waals surface area (Å²) in [5, 5.41) is 2.45. The fraction of sp³-hybridized carbons (Fsp3) is 0.133. The van der Waals surface area contributed by atoms with Gasteiger partial charge in [0.1, 0.15) is 5.82 Å². The quantitative estimate of drug-likeness (QED) is 0.858. The summed E-state index contributed by atoms with van der Waals surface area (Å²) < 4.78 is 50.6. The molecule has 0 fully saturated rings. The average Bonchev–Trinajstić information content (AvgIpc) is 2.44. The Hall–Kier alpha value is -2.37. The Morgan fingerprint density at radius 2 is 1.76 bits per heavy atom. The van der Waals surface area contributed by atoms with Crippen molar-refractivity contribution in [3.05, 3.63) is 71.0 Å². The lowest BCUT2D eigenvalue weighted by Gasteiger charge is -2.09. The highest BCUT2D eigenvalue weighted by molar-refractivity contribution is 5.94. The van der Waals surface area contributed by atoms with E-state index < -0.39 is 23.5 Å². The second-order valence-electron chi connectivity index (χ2n) is 4.39. The minimum atomic E-state index is -4.43. The molecule has 1 amide bonds. The maximum absolute atomic E-state index is 13.0. The van der Waals surface area contributed by atoms with Gasteiger partial charge in [-0.1, -0.05) is 18.2 Å². The van der Waals surface area contributed by atoms with Crippen LogP contribution in [-0.2, 0) is 12.7 Å². The molecule has 21 heavy (non-hydrogen) atoms. The van der Waals surface area contributed by atoms with Crippen molar-refractivity contribution in [3.8, 4) is 0 Å². The smallest absolute Gasteiger partial charge is 0.348 e. The lowest BCUT2D eigenvalue weighted by molar-refractivity contribution is -0.137. The molecule has 0 saturated heterocycles. The van der Waals surface area contributed by atoms with Crippen LogP contribution < -0.4 is 5.32 Å². The number of alkyl halides is 3. The summed E-state index contributed by atoms with van der Waals surface area (Å²) in [6, 6.07) is 9.72. The van der Waals surface area contributed by atoms with Crippen LogP contribution in [0.1, 0.15) is 21.5 Å². The zero-order valence-corrected chi connectivity index (χ0v) is 10.7. The molecule has 0 aliphatic carbocycles. The zero-order chi connectivity index (χ0) is 15.5. The lowest BCUT2D eigenvalue weighted by atomic mass is 10.1. The van der Waals surface area contributed by atoms with E-state index >= 15 is 0 Å². The molecule has 0 aliphatic heterocycles. The Labute approximate surface area is 118 Å².